The van der Waals surface area contributed by atoms with E-state index in [0.29, 0.717) is 19.0 Å². The Balaban J connectivity index is 2.65. The molecule has 0 aliphatic heterocycles. The number of aromatic nitrogens is 2. The van der Waals surface area contributed by atoms with Crippen LogP contribution in [0.1, 0.15) is 33.5 Å². The van der Waals surface area contributed by atoms with Crippen molar-refractivity contribution < 1.29 is 4.74 Å². The standard InChI is InChI=1S/C12H22N4O/c1-5-10-15-9(13)7-11(16-10)14-8-12(3,4)17-6-2/h7H,5-6,8H2,1-4H3,(H3,13,14,15,16). The summed E-state index contributed by atoms with van der Waals surface area (Å²) in [4.78, 5) is 8.49. The van der Waals surface area contributed by atoms with Crippen molar-refractivity contribution in [2.45, 2.75) is 39.7 Å². The van der Waals surface area contributed by atoms with Crippen LogP contribution >= 0.6 is 0 Å². The highest BCUT2D eigenvalue weighted by atomic mass is 16.5. The van der Waals surface area contributed by atoms with E-state index in [1.807, 2.05) is 27.7 Å². The van der Waals surface area contributed by atoms with Crippen molar-refractivity contribution in [2.75, 3.05) is 24.2 Å². The zero-order chi connectivity index (χ0) is 12.9. The van der Waals surface area contributed by atoms with Crippen LogP contribution in [-0.2, 0) is 11.2 Å². The molecule has 0 spiro atoms. The lowest BCUT2D eigenvalue weighted by atomic mass is 10.1. The average molecular weight is 238 g/mol. The van der Waals surface area contributed by atoms with Crippen molar-refractivity contribution in [1.29, 1.82) is 0 Å². The van der Waals surface area contributed by atoms with Crippen molar-refractivity contribution in [2.24, 2.45) is 0 Å². The lowest BCUT2D eigenvalue weighted by Gasteiger charge is -2.25. The number of ether oxygens (including phenoxy) is 1. The number of nitrogens with zero attached hydrogens (tertiary/aromatic N) is 2. The molecule has 5 nitrogen and oxygen atoms in total. The molecule has 0 amide bonds. The summed E-state index contributed by atoms with van der Waals surface area (Å²) in [5.41, 5.74) is 5.49. The molecule has 0 saturated carbocycles. The highest BCUT2D eigenvalue weighted by Gasteiger charge is 2.17. The summed E-state index contributed by atoms with van der Waals surface area (Å²) in [6, 6.07) is 1.74. The maximum absolute atomic E-state index is 5.71. The van der Waals surface area contributed by atoms with Crippen molar-refractivity contribution in [1.82, 2.24) is 9.97 Å². The van der Waals surface area contributed by atoms with Gasteiger partial charge in [0, 0.05) is 25.6 Å². The zero-order valence-corrected chi connectivity index (χ0v) is 11.1. The molecular weight excluding hydrogens is 216 g/mol. The first-order chi connectivity index (χ1) is 7.96. The number of nitrogens with two attached hydrogens (primary N) is 1. The summed E-state index contributed by atoms with van der Waals surface area (Å²) >= 11 is 0. The number of hydrogen-bond acceptors (Lipinski definition) is 5. The van der Waals surface area contributed by atoms with Crippen LogP contribution in [0.4, 0.5) is 11.6 Å². The number of nitrogen functional groups attached to an aromatic ring is 1. The van der Waals surface area contributed by atoms with Gasteiger partial charge in [-0.15, -0.1) is 0 Å². The first kappa shape index (κ1) is 13.7. The summed E-state index contributed by atoms with van der Waals surface area (Å²) in [7, 11) is 0. The molecule has 3 N–H and O–H groups in total. The van der Waals surface area contributed by atoms with E-state index >= 15 is 0 Å². The van der Waals surface area contributed by atoms with Crippen LogP contribution in [0, 0.1) is 0 Å². The Kier molecular flexibility index (Phi) is 4.69. The highest BCUT2D eigenvalue weighted by molar-refractivity contribution is 5.44. The molecule has 0 bridgehead atoms. The Labute approximate surface area is 103 Å². The topological polar surface area (TPSA) is 73.1 Å². The fraction of sp³-hybridized carbons (Fsp3) is 0.667. The van der Waals surface area contributed by atoms with Gasteiger partial charge in [-0.1, -0.05) is 6.92 Å². The van der Waals surface area contributed by atoms with Gasteiger partial charge in [0.05, 0.1) is 5.60 Å². The van der Waals surface area contributed by atoms with Gasteiger partial charge in [-0.3, -0.25) is 0 Å². The van der Waals surface area contributed by atoms with Crippen LogP contribution in [0.25, 0.3) is 0 Å². The molecule has 1 aromatic rings. The van der Waals surface area contributed by atoms with E-state index < -0.39 is 0 Å². The van der Waals surface area contributed by atoms with E-state index in [0.717, 1.165) is 18.1 Å². The molecule has 1 heterocycles. The molecule has 0 atom stereocenters. The Morgan fingerprint density at radius 1 is 1.35 bits per heavy atom. The predicted octanol–water partition coefficient (Wildman–Crippen LogP) is 1.85. The maximum Gasteiger partial charge on any atom is 0.132 e. The first-order valence-corrected chi connectivity index (χ1v) is 5.98. The first-order valence-electron chi connectivity index (χ1n) is 5.98. The van der Waals surface area contributed by atoms with Crippen LogP contribution in [0.5, 0.6) is 0 Å². The van der Waals surface area contributed by atoms with E-state index in [9.17, 15) is 0 Å². The van der Waals surface area contributed by atoms with Gasteiger partial charge in [-0.25, -0.2) is 9.97 Å². The van der Waals surface area contributed by atoms with Gasteiger partial charge in [0.25, 0.3) is 0 Å². The molecule has 0 saturated heterocycles. The lowest BCUT2D eigenvalue weighted by Crippen LogP contribution is -2.33. The monoisotopic (exact) mass is 238 g/mol. The smallest absolute Gasteiger partial charge is 0.132 e. The van der Waals surface area contributed by atoms with Gasteiger partial charge in [0.1, 0.15) is 17.5 Å². The fourth-order valence-electron chi connectivity index (χ4n) is 1.51. The molecule has 5 heteroatoms. The molecule has 96 valence electrons. The Hall–Kier alpha value is -1.36. The van der Waals surface area contributed by atoms with Gasteiger partial charge >= 0.3 is 0 Å². The van der Waals surface area contributed by atoms with E-state index in [1.54, 1.807) is 6.07 Å². The Morgan fingerprint density at radius 3 is 2.65 bits per heavy atom. The summed E-state index contributed by atoms with van der Waals surface area (Å²) < 4.78 is 5.60. The lowest BCUT2D eigenvalue weighted by molar-refractivity contribution is 0.000638. The highest BCUT2D eigenvalue weighted by Crippen LogP contribution is 2.13. The second kappa shape index (κ2) is 5.82. The minimum atomic E-state index is -0.221. The van der Waals surface area contributed by atoms with E-state index in [2.05, 4.69) is 15.3 Å². The van der Waals surface area contributed by atoms with E-state index in [1.165, 1.54) is 0 Å². The molecule has 17 heavy (non-hydrogen) atoms. The van der Waals surface area contributed by atoms with Crippen LogP contribution in [0.3, 0.4) is 0 Å². The third kappa shape index (κ3) is 4.56. The van der Waals surface area contributed by atoms with Crippen LogP contribution in [-0.4, -0.2) is 28.7 Å². The number of aryl methyl sites for hydroxylation is 1. The molecule has 1 rings (SSSR count). The van der Waals surface area contributed by atoms with Gasteiger partial charge < -0.3 is 15.8 Å². The van der Waals surface area contributed by atoms with E-state index in [4.69, 9.17) is 10.5 Å². The van der Waals surface area contributed by atoms with E-state index in [-0.39, 0.29) is 5.60 Å². The number of hydrogen-bond donors (Lipinski definition) is 2. The summed E-state index contributed by atoms with van der Waals surface area (Å²) in [6.07, 6.45) is 0.772. The second-order valence-corrected chi connectivity index (χ2v) is 4.49. The second-order valence-electron chi connectivity index (χ2n) is 4.49. The summed E-state index contributed by atoms with van der Waals surface area (Å²) in [5.74, 6) is 2.00. The van der Waals surface area contributed by atoms with Crippen molar-refractivity contribution in [3.05, 3.63) is 11.9 Å². The minimum Gasteiger partial charge on any atom is -0.384 e. The molecular formula is C12H22N4O. The molecule has 0 fully saturated rings. The quantitative estimate of drug-likeness (QED) is 0.791. The fourth-order valence-corrected chi connectivity index (χ4v) is 1.51. The van der Waals surface area contributed by atoms with Crippen LogP contribution in [0.15, 0.2) is 6.07 Å². The third-order valence-electron chi connectivity index (χ3n) is 2.34. The summed E-state index contributed by atoms with van der Waals surface area (Å²) in [5, 5.41) is 3.23. The minimum absolute atomic E-state index is 0.221. The largest absolute Gasteiger partial charge is 0.384 e. The number of nitrogens with one attached hydrogen (secondary N) is 1. The number of rotatable bonds is 6. The number of anilines is 2. The normalized spacial score (nSPS) is 11.5. The van der Waals surface area contributed by atoms with Gasteiger partial charge in [-0.2, -0.15) is 0 Å². The molecule has 0 unspecified atom stereocenters. The Morgan fingerprint density at radius 2 is 2.06 bits per heavy atom. The van der Waals surface area contributed by atoms with Gasteiger partial charge in [0.2, 0.25) is 0 Å². The van der Waals surface area contributed by atoms with Gasteiger partial charge in [0.15, 0.2) is 0 Å². The zero-order valence-electron chi connectivity index (χ0n) is 11.1. The third-order valence-corrected chi connectivity index (χ3v) is 2.34. The van der Waals surface area contributed by atoms with Crippen molar-refractivity contribution >= 4 is 11.6 Å². The maximum atomic E-state index is 5.71. The van der Waals surface area contributed by atoms with Crippen LogP contribution in [0.2, 0.25) is 0 Å². The SMILES string of the molecule is CCOC(C)(C)CNc1cc(N)nc(CC)n1. The molecule has 0 aromatic carbocycles. The molecule has 0 radical (unpaired) electrons. The predicted molar refractivity (Wildman–Crippen MR) is 70.0 cm³/mol. The average Bonchev–Trinajstić information content (AvgIpc) is 2.26. The van der Waals surface area contributed by atoms with Crippen molar-refractivity contribution in [3.8, 4) is 0 Å². The van der Waals surface area contributed by atoms with Crippen molar-refractivity contribution in [3.63, 3.8) is 0 Å². The van der Waals surface area contributed by atoms with Crippen LogP contribution < -0.4 is 11.1 Å². The molecule has 0 aliphatic carbocycles. The molecule has 0 aliphatic rings. The van der Waals surface area contributed by atoms with Gasteiger partial charge in [-0.05, 0) is 20.8 Å². The Bertz CT molecular complexity index is 366. The molecule has 1 aromatic heterocycles. The summed E-state index contributed by atoms with van der Waals surface area (Å²) in [6.45, 7) is 9.44.